The topological polar surface area (TPSA) is 12.0 Å². The molecule has 1 nitrogen and oxygen atoms in total. The fraction of sp³-hybridized carbons (Fsp3) is 0.368. The first-order valence-corrected chi connectivity index (χ1v) is 7.97. The molecule has 2 atom stereocenters. The minimum absolute atomic E-state index is 0.221. The standard InChI is InChI=1S/C19H24ClN/c1-13(2)16-9-11-17(12-10-16)14(3)21-15(4)18-7-5-6-8-19(18)20/h5-15,21H,1-4H3/t14?,15-/m1/s1. The molecule has 0 saturated heterocycles. The van der Waals surface area contributed by atoms with Crippen LogP contribution in [0, 0.1) is 0 Å². The number of hydrogen-bond donors (Lipinski definition) is 1. The Morgan fingerprint density at radius 1 is 0.762 bits per heavy atom. The van der Waals surface area contributed by atoms with E-state index in [1.807, 2.05) is 18.2 Å². The summed E-state index contributed by atoms with van der Waals surface area (Å²) in [5.74, 6) is 0.573. The summed E-state index contributed by atoms with van der Waals surface area (Å²) in [6.07, 6.45) is 0. The maximum Gasteiger partial charge on any atom is 0.0453 e. The van der Waals surface area contributed by atoms with Crippen LogP contribution in [0.15, 0.2) is 48.5 Å². The monoisotopic (exact) mass is 301 g/mol. The summed E-state index contributed by atoms with van der Waals surface area (Å²) < 4.78 is 0. The summed E-state index contributed by atoms with van der Waals surface area (Å²) in [6.45, 7) is 8.78. The van der Waals surface area contributed by atoms with Crippen LogP contribution in [0.1, 0.15) is 62.4 Å². The lowest BCUT2D eigenvalue weighted by Crippen LogP contribution is -2.22. The Kier molecular flexibility index (Phi) is 5.44. The van der Waals surface area contributed by atoms with Crippen LogP contribution in [-0.2, 0) is 0 Å². The van der Waals surface area contributed by atoms with E-state index in [1.165, 1.54) is 11.1 Å². The van der Waals surface area contributed by atoms with Gasteiger partial charge in [0.05, 0.1) is 0 Å². The quantitative estimate of drug-likeness (QED) is 0.727. The molecule has 0 heterocycles. The molecule has 0 aliphatic rings. The third kappa shape index (κ3) is 4.09. The van der Waals surface area contributed by atoms with Gasteiger partial charge < -0.3 is 5.32 Å². The first-order chi connectivity index (χ1) is 9.99. The summed E-state index contributed by atoms with van der Waals surface area (Å²) in [7, 11) is 0. The maximum absolute atomic E-state index is 6.26. The summed E-state index contributed by atoms with van der Waals surface area (Å²) in [6, 6.07) is 17.4. The molecule has 0 aromatic heterocycles. The lowest BCUT2D eigenvalue weighted by molar-refractivity contribution is 0.494. The first-order valence-electron chi connectivity index (χ1n) is 7.59. The van der Waals surface area contributed by atoms with E-state index in [0.717, 1.165) is 10.6 Å². The smallest absolute Gasteiger partial charge is 0.0453 e. The maximum atomic E-state index is 6.26. The summed E-state index contributed by atoms with van der Waals surface area (Å²) in [4.78, 5) is 0. The van der Waals surface area contributed by atoms with Gasteiger partial charge in [-0.05, 0) is 42.5 Å². The zero-order valence-electron chi connectivity index (χ0n) is 13.2. The van der Waals surface area contributed by atoms with E-state index in [2.05, 4.69) is 63.3 Å². The van der Waals surface area contributed by atoms with Crippen molar-refractivity contribution in [2.75, 3.05) is 0 Å². The molecule has 0 aliphatic carbocycles. The molecule has 0 aliphatic heterocycles. The molecule has 2 aromatic rings. The zero-order chi connectivity index (χ0) is 15.4. The van der Waals surface area contributed by atoms with Crippen LogP contribution in [0.4, 0.5) is 0 Å². The highest BCUT2D eigenvalue weighted by Gasteiger charge is 2.13. The van der Waals surface area contributed by atoms with Crippen LogP contribution in [0.2, 0.25) is 5.02 Å². The van der Waals surface area contributed by atoms with Crippen molar-refractivity contribution >= 4 is 11.6 Å². The fourth-order valence-electron chi connectivity index (χ4n) is 2.56. The molecule has 2 heteroatoms. The molecular formula is C19H24ClN. The normalized spacial score (nSPS) is 14.2. The highest BCUT2D eigenvalue weighted by Crippen LogP contribution is 2.25. The molecule has 0 fully saturated rings. The largest absolute Gasteiger partial charge is 0.304 e. The van der Waals surface area contributed by atoms with Gasteiger partial charge in [-0.15, -0.1) is 0 Å². The van der Waals surface area contributed by atoms with Crippen molar-refractivity contribution in [3.63, 3.8) is 0 Å². The molecule has 0 spiro atoms. The van der Waals surface area contributed by atoms with Crippen molar-refractivity contribution in [3.05, 3.63) is 70.2 Å². The molecule has 21 heavy (non-hydrogen) atoms. The molecule has 2 rings (SSSR count). The van der Waals surface area contributed by atoms with Gasteiger partial charge in [0.2, 0.25) is 0 Å². The average molecular weight is 302 g/mol. The van der Waals surface area contributed by atoms with E-state index in [1.54, 1.807) is 0 Å². The third-order valence-electron chi connectivity index (χ3n) is 3.97. The number of hydrogen-bond acceptors (Lipinski definition) is 1. The Balaban J connectivity index is 2.07. The van der Waals surface area contributed by atoms with E-state index in [-0.39, 0.29) is 12.1 Å². The van der Waals surface area contributed by atoms with Crippen LogP contribution in [0.25, 0.3) is 0 Å². The summed E-state index contributed by atoms with van der Waals surface area (Å²) in [5, 5.41) is 4.44. The highest BCUT2D eigenvalue weighted by molar-refractivity contribution is 6.31. The van der Waals surface area contributed by atoms with Gasteiger partial charge in [-0.1, -0.05) is 67.9 Å². The van der Waals surface area contributed by atoms with Crippen molar-refractivity contribution in [2.24, 2.45) is 0 Å². The van der Waals surface area contributed by atoms with E-state index >= 15 is 0 Å². The zero-order valence-corrected chi connectivity index (χ0v) is 14.0. The Labute approximate surface area is 133 Å². The average Bonchev–Trinajstić information content (AvgIpc) is 2.47. The molecule has 2 aromatic carbocycles. The minimum Gasteiger partial charge on any atom is -0.304 e. The Morgan fingerprint density at radius 2 is 1.33 bits per heavy atom. The number of benzene rings is 2. The number of rotatable bonds is 5. The molecule has 0 amide bonds. The molecule has 0 bridgehead atoms. The molecule has 112 valence electrons. The Hall–Kier alpha value is -1.31. The van der Waals surface area contributed by atoms with Crippen molar-refractivity contribution in [2.45, 2.75) is 45.7 Å². The third-order valence-corrected chi connectivity index (χ3v) is 4.32. The van der Waals surface area contributed by atoms with Gasteiger partial charge in [-0.3, -0.25) is 0 Å². The Morgan fingerprint density at radius 3 is 1.90 bits per heavy atom. The van der Waals surface area contributed by atoms with Gasteiger partial charge in [0.1, 0.15) is 0 Å². The van der Waals surface area contributed by atoms with Gasteiger partial charge in [-0.2, -0.15) is 0 Å². The molecule has 1 N–H and O–H groups in total. The predicted octanol–water partition coefficient (Wildman–Crippen LogP) is 5.88. The second kappa shape index (κ2) is 7.11. The fourth-order valence-corrected chi connectivity index (χ4v) is 2.86. The van der Waals surface area contributed by atoms with E-state index in [4.69, 9.17) is 11.6 Å². The SMILES string of the molecule is CC(C)c1ccc(C(C)N[C@H](C)c2ccccc2Cl)cc1. The van der Waals surface area contributed by atoms with Crippen LogP contribution in [-0.4, -0.2) is 0 Å². The lowest BCUT2D eigenvalue weighted by atomic mass is 9.99. The van der Waals surface area contributed by atoms with Crippen LogP contribution < -0.4 is 5.32 Å². The molecular weight excluding hydrogens is 278 g/mol. The van der Waals surface area contributed by atoms with Crippen LogP contribution in [0.3, 0.4) is 0 Å². The van der Waals surface area contributed by atoms with Gasteiger partial charge in [0, 0.05) is 17.1 Å². The van der Waals surface area contributed by atoms with Gasteiger partial charge in [-0.25, -0.2) is 0 Å². The van der Waals surface area contributed by atoms with Gasteiger partial charge >= 0.3 is 0 Å². The number of nitrogens with one attached hydrogen (secondary N) is 1. The van der Waals surface area contributed by atoms with Gasteiger partial charge in [0.25, 0.3) is 0 Å². The molecule has 1 unspecified atom stereocenters. The van der Waals surface area contributed by atoms with Crippen LogP contribution >= 0.6 is 11.6 Å². The summed E-state index contributed by atoms with van der Waals surface area (Å²) >= 11 is 6.26. The van der Waals surface area contributed by atoms with Crippen molar-refractivity contribution in [1.29, 1.82) is 0 Å². The van der Waals surface area contributed by atoms with Gasteiger partial charge in [0.15, 0.2) is 0 Å². The van der Waals surface area contributed by atoms with E-state index < -0.39 is 0 Å². The second-order valence-electron chi connectivity index (χ2n) is 5.95. The summed E-state index contributed by atoms with van der Waals surface area (Å²) in [5.41, 5.74) is 3.83. The molecule has 0 radical (unpaired) electrons. The van der Waals surface area contributed by atoms with E-state index in [0.29, 0.717) is 5.92 Å². The molecule has 0 saturated carbocycles. The highest BCUT2D eigenvalue weighted by atomic mass is 35.5. The number of halogens is 1. The first kappa shape index (κ1) is 16.1. The predicted molar refractivity (Wildman–Crippen MR) is 91.9 cm³/mol. The lowest BCUT2D eigenvalue weighted by Gasteiger charge is -2.22. The minimum atomic E-state index is 0.221. The second-order valence-corrected chi connectivity index (χ2v) is 6.36. The van der Waals surface area contributed by atoms with Crippen LogP contribution in [0.5, 0.6) is 0 Å². The van der Waals surface area contributed by atoms with Crippen molar-refractivity contribution in [1.82, 2.24) is 5.32 Å². The van der Waals surface area contributed by atoms with Crippen molar-refractivity contribution in [3.8, 4) is 0 Å². The van der Waals surface area contributed by atoms with Crippen molar-refractivity contribution < 1.29 is 0 Å². The Bertz CT molecular complexity index is 574. The van der Waals surface area contributed by atoms with E-state index in [9.17, 15) is 0 Å².